The van der Waals surface area contributed by atoms with Gasteiger partial charge in [0.05, 0.1) is 4.91 Å². The minimum absolute atomic E-state index is 0.273. The quantitative estimate of drug-likeness (QED) is 0.545. The first-order chi connectivity index (χ1) is 6.11. The first-order valence-corrected chi connectivity index (χ1v) is 4.32. The van der Waals surface area contributed by atoms with Crippen LogP contribution in [0.3, 0.4) is 0 Å². The first-order valence-electron chi connectivity index (χ1n) is 3.87. The van der Waals surface area contributed by atoms with Gasteiger partial charge in [0, 0.05) is 0 Å². The van der Waals surface area contributed by atoms with Gasteiger partial charge in [0.2, 0.25) is 0 Å². The molecule has 3 heteroatoms. The van der Waals surface area contributed by atoms with Crippen molar-refractivity contribution in [1.82, 2.24) is 0 Å². The van der Waals surface area contributed by atoms with Gasteiger partial charge in [-0.25, -0.2) is 0 Å². The summed E-state index contributed by atoms with van der Waals surface area (Å²) in [5, 5.41) is 0. The van der Waals surface area contributed by atoms with Crippen molar-refractivity contribution in [2.75, 3.05) is 0 Å². The summed E-state index contributed by atoms with van der Waals surface area (Å²) in [6.07, 6.45) is 1.67. The lowest BCUT2D eigenvalue weighted by Crippen LogP contribution is -2.10. The van der Waals surface area contributed by atoms with Gasteiger partial charge in [-0.15, -0.1) is 12.6 Å². The van der Waals surface area contributed by atoms with E-state index in [2.05, 4.69) is 12.6 Å². The lowest BCUT2D eigenvalue weighted by Gasteiger charge is -1.99. The molecule has 1 aromatic rings. The molecule has 0 saturated heterocycles. The van der Waals surface area contributed by atoms with E-state index in [-0.39, 0.29) is 4.91 Å². The third kappa shape index (κ3) is 2.63. The van der Waals surface area contributed by atoms with Crippen molar-refractivity contribution in [2.24, 2.45) is 5.73 Å². The maximum Gasteiger partial charge on any atom is 0.254 e. The average Bonchev–Trinajstić information content (AvgIpc) is 2.08. The standard InChI is InChI=1S/C10H11NOS/c1-7-4-2-3-5-8(7)6-9(13)10(11)12/h2-6,13H,1H3,(H2,11,12)/b9-6-. The summed E-state index contributed by atoms with van der Waals surface area (Å²) in [6.45, 7) is 1.97. The molecule has 1 rings (SSSR count). The molecule has 2 nitrogen and oxygen atoms in total. The lowest BCUT2D eigenvalue weighted by molar-refractivity contribution is -0.113. The van der Waals surface area contributed by atoms with E-state index in [1.165, 1.54) is 0 Å². The molecular weight excluding hydrogens is 182 g/mol. The smallest absolute Gasteiger partial charge is 0.254 e. The minimum Gasteiger partial charge on any atom is -0.365 e. The second-order valence-corrected chi connectivity index (χ2v) is 3.23. The zero-order valence-corrected chi connectivity index (χ0v) is 8.21. The van der Waals surface area contributed by atoms with E-state index in [0.717, 1.165) is 11.1 Å². The molecule has 0 aliphatic rings. The van der Waals surface area contributed by atoms with Crippen LogP contribution in [0.2, 0.25) is 0 Å². The number of carbonyl (C=O) groups excluding carboxylic acids is 1. The van der Waals surface area contributed by atoms with Gasteiger partial charge in [0.15, 0.2) is 0 Å². The van der Waals surface area contributed by atoms with Crippen molar-refractivity contribution < 1.29 is 4.79 Å². The number of benzene rings is 1. The normalized spacial score (nSPS) is 11.4. The van der Waals surface area contributed by atoms with Crippen molar-refractivity contribution in [1.29, 1.82) is 0 Å². The maximum atomic E-state index is 10.7. The van der Waals surface area contributed by atoms with Gasteiger partial charge >= 0.3 is 0 Å². The van der Waals surface area contributed by atoms with Gasteiger partial charge < -0.3 is 5.73 Å². The number of thiol groups is 1. The molecule has 68 valence electrons. The van der Waals surface area contributed by atoms with E-state index in [4.69, 9.17) is 5.73 Å². The first kappa shape index (κ1) is 9.86. The van der Waals surface area contributed by atoms with E-state index >= 15 is 0 Å². The Morgan fingerprint density at radius 2 is 2.08 bits per heavy atom. The Balaban J connectivity index is 3.04. The fourth-order valence-electron chi connectivity index (χ4n) is 0.967. The fraction of sp³-hybridized carbons (Fsp3) is 0.100. The number of carbonyl (C=O) groups is 1. The summed E-state index contributed by atoms with van der Waals surface area (Å²) in [5.41, 5.74) is 7.11. The molecular formula is C10H11NOS. The molecule has 1 aromatic carbocycles. The van der Waals surface area contributed by atoms with Crippen molar-refractivity contribution in [3.63, 3.8) is 0 Å². The van der Waals surface area contributed by atoms with Crippen LogP contribution in [0.5, 0.6) is 0 Å². The monoisotopic (exact) mass is 193 g/mol. The Kier molecular flexibility index (Phi) is 3.14. The van der Waals surface area contributed by atoms with Crippen LogP contribution < -0.4 is 5.73 Å². The lowest BCUT2D eigenvalue weighted by atomic mass is 10.1. The molecule has 0 heterocycles. The van der Waals surface area contributed by atoms with Crippen LogP contribution in [-0.4, -0.2) is 5.91 Å². The topological polar surface area (TPSA) is 43.1 Å². The Morgan fingerprint density at radius 1 is 1.46 bits per heavy atom. The number of primary amides is 1. The molecule has 2 N–H and O–H groups in total. The second-order valence-electron chi connectivity index (χ2n) is 2.75. The molecule has 13 heavy (non-hydrogen) atoms. The van der Waals surface area contributed by atoms with Crippen molar-refractivity contribution in [2.45, 2.75) is 6.92 Å². The van der Waals surface area contributed by atoms with Crippen molar-refractivity contribution in [3.05, 3.63) is 40.3 Å². The third-order valence-electron chi connectivity index (χ3n) is 1.73. The highest BCUT2D eigenvalue weighted by Gasteiger charge is 1.99. The number of hydrogen-bond donors (Lipinski definition) is 2. The predicted molar refractivity (Wildman–Crippen MR) is 57.3 cm³/mol. The van der Waals surface area contributed by atoms with E-state index in [1.54, 1.807) is 6.08 Å². The number of nitrogens with two attached hydrogens (primary N) is 1. The van der Waals surface area contributed by atoms with Crippen LogP contribution in [-0.2, 0) is 4.79 Å². The zero-order chi connectivity index (χ0) is 9.84. The van der Waals surface area contributed by atoms with Gasteiger partial charge in [0.1, 0.15) is 0 Å². The van der Waals surface area contributed by atoms with E-state index in [0.29, 0.717) is 0 Å². The van der Waals surface area contributed by atoms with Crippen LogP contribution in [0.25, 0.3) is 6.08 Å². The number of aryl methyl sites for hydroxylation is 1. The number of amides is 1. The molecule has 0 unspecified atom stereocenters. The Hall–Kier alpha value is -1.22. The molecule has 0 radical (unpaired) electrons. The zero-order valence-electron chi connectivity index (χ0n) is 7.32. The van der Waals surface area contributed by atoms with Crippen molar-refractivity contribution >= 4 is 24.6 Å². The maximum absolute atomic E-state index is 10.7. The van der Waals surface area contributed by atoms with Gasteiger partial charge in [0.25, 0.3) is 5.91 Å². The molecule has 0 bridgehead atoms. The van der Waals surface area contributed by atoms with Crippen LogP contribution in [0, 0.1) is 6.92 Å². The summed E-state index contributed by atoms with van der Waals surface area (Å²) in [7, 11) is 0. The highest BCUT2D eigenvalue weighted by atomic mass is 32.1. The van der Waals surface area contributed by atoms with Crippen LogP contribution in [0.1, 0.15) is 11.1 Å². The van der Waals surface area contributed by atoms with Crippen LogP contribution in [0.15, 0.2) is 29.2 Å². The molecule has 0 aliphatic heterocycles. The Bertz CT molecular complexity index is 358. The molecule has 0 fully saturated rings. The van der Waals surface area contributed by atoms with E-state index in [1.807, 2.05) is 31.2 Å². The molecule has 0 aromatic heterocycles. The number of hydrogen-bond acceptors (Lipinski definition) is 2. The van der Waals surface area contributed by atoms with Gasteiger partial charge in [-0.3, -0.25) is 4.79 Å². The summed E-state index contributed by atoms with van der Waals surface area (Å²) < 4.78 is 0. The molecule has 1 amide bonds. The van der Waals surface area contributed by atoms with Gasteiger partial charge in [-0.1, -0.05) is 24.3 Å². The average molecular weight is 193 g/mol. The second kappa shape index (κ2) is 4.14. The fourth-order valence-corrected chi connectivity index (χ4v) is 1.11. The highest BCUT2D eigenvalue weighted by molar-refractivity contribution is 7.85. The van der Waals surface area contributed by atoms with E-state index < -0.39 is 5.91 Å². The Morgan fingerprint density at radius 3 is 2.62 bits per heavy atom. The van der Waals surface area contributed by atoms with Crippen molar-refractivity contribution in [3.8, 4) is 0 Å². The molecule has 0 atom stereocenters. The predicted octanol–water partition coefficient (Wildman–Crippen LogP) is 1.75. The summed E-state index contributed by atoms with van der Waals surface area (Å²) in [6, 6.07) is 7.72. The minimum atomic E-state index is -0.508. The highest BCUT2D eigenvalue weighted by Crippen LogP contribution is 2.13. The summed E-state index contributed by atoms with van der Waals surface area (Å²) in [4.78, 5) is 11.0. The largest absolute Gasteiger partial charge is 0.365 e. The molecule has 0 aliphatic carbocycles. The van der Waals surface area contributed by atoms with Crippen LogP contribution >= 0.6 is 12.6 Å². The van der Waals surface area contributed by atoms with Crippen LogP contribution in [0.4, 0.5) is 0 Å². The summed E-state index contributed by atoms with van der Waals surface area (Å²) in [5.74, 6) is -0.508. The molecule has 0 spiro atoms. The molecule has 0 saturated carbocycles. The van der Waals surface area contributed by atoms with Gasteiger partial charge in [-0.05, 0) is 24.1 Å². The Labute approximate surface area is 82.9 Å². The summed E-state index contributed by atoms with van der Waals surface area (Å²) >= 11 is 3.97. The SMILES string of the molecule is Cc1ccccc1/C=C(\S)C(N)=O. The van der Waals surface area contributed by atoms with Gasteiger partial charge in [-0.2, -0.15) is 0 Å². The third-order valence-corrected chi connectivity index (χ3v) is 2.08. The number of rotatable bonds is 2. The van der Waals surface area contributed by atoms with E-state index in [9.17, 15) is 4.79 Å².